The van der Waals surface area contributed by atoms with Crippen LogP contribution in [0.3, 0.4) is 0 Å². The van der Waals surface area contributed by atoms with Crippen molar-refractivity contribution in [2.24, 2.45) is 5.73 Å². The van der Waals surface area contributed by atoms with Crippen molar-refractivity contribution in [2.75, 3.05) is 21.3 Å². The largest absolute Gasteiger partial charge is 0.507 e. The van der Waals surface area contributed by atoms with Crippen LogP contribution < -0.4 is 19.9 Å². The molecule has 148 valence electrons. The van der Waals surface area contributed by atoms with Crippen LogP contribution in [0.2, 0.25) is 0 Å². The maximum atomic E-state index is 10.9. The molecule has 1 atom stereocenters. The Labute approximate surface area is 165 Å². The summed E-state index contributed by atoms with van der Waals surface area (Å²) in [6.07, 6.45) is 0.653. The van der Waals surface area contributed by atoms with Gasteiger partial charge in [0, 0.05) is 11.6 Å². The fraction of sp³-hybridized carbons (Fsp3) is 0.304. The fourth-order valence-corrected chi connectivity index (χ4v) is 3.77. The van der Waals surface area contributed by atoms with E-state index in [0.717, 1.165) is 33.2 Å². The number of phenols is 1. The van der Waals surface area contributed by atoms with Gasteiger partial charge in [-0.05, 0) is 61.0 Å². The van der Waals surface area contributed by atoms with E-state index in [2.05, 4.69) is 0 Å². The highest BCUT2D eigenvalue weighted by atomic mass is 16.5. The predicted octanol–water partition coefficient (Wildman–Crippen LogP) is 4.44. The molecule has 0 radical (unpaired) electrons. The zero-order valence-corrected chi connectivity index (χ0v) is 17.0. The van der Waals surface area contributed by atoms with E-state index in [-0.39, 0.29) is 11.8 Å². The van der Waals surface area contributed by atoms with E-state index in [4.69, 9.17) is 19.9 Å². The molecule has 3 rings (SSSR count). The Morgan fingerprint density at radius 2 is 1.61 bits per heavy atom. The van der Waals surface area contributed by atoms with Gasteiger partial charge >= 0.3 is 0 Å². The van der Waals surface area contributed by atoms with E-state index in [1.54, 1.807) is 27.4 Å². The molecule has 0 fully saturated rings. The smallest absolute Gasteiger partial charge is 0.130 e. The highest BCUT2D eigenvalue weighted by Crippen LogP contribution is 2.47. The highest BCUT2D eigenvalue weighted by molar-refractivity contribution is 6.06. The number of aryl methyl sites for hydroxylation is 1. The monoisotopic (exact) mass is 381 g/mol. The summed E-state index contributed by atoms with van der Waals surface area (Å²) in [6.45, 7) is 3.93. The van der Waals surface area contributed by atoms with Crippen LogP contribution in [0, 0.1) is 6.92 Å². The molecule has 0 unspecified atom stereocenters. The first-order valence-corrected chi connectivity index (χ1v) is 9.21. The van der Waals surface area contributed by atoms with E-state index in [0.29, 0.717) is 23.5 Å². The number of benzene rings is 3. The van der Waals surface area contributed by atoms with Crippen LogP contribution >= 0.6 is 0 Å². The van der Waals surface area contributed by atoms with Crippen LogP contribution in [0.5, 0.6) is 23.0 Å². The number of hydrogen-bond acceptors (Lipinski definition) is 5. The van der Waals surface area contributed by atoms with E-state index in [9.17, 15) is 5.11 Å². The molecular formula is C23H27NO4. The quantitative estimate of drug-likeness (QED) is 0.660. The Morgan fingerprint density at radius 1 is 0.929 bits per heavy atom. The van der Waals surface area contributed by atoms with E-state index < -0.39 is 0 Å². The second kappa shape index (κ2) is 7.98. The Hall–Kier alpha value is -2.92. The number of ether oxygens (including phenoxy) is 3. The maximum absolute atomic E-state index is 10.9. The molecule has 5 nitrogen and oxygen atoms in total. The van der Waals surface area contributed by atoms with Crippen molar-refractivity contribution in [1.82, 2.24) is 0 Å². The molecular weight excluding hydrogens is 354 g/mol. The zero-order chi connectivity index (χ0) is 20.4. The summed E-state index contributed by atoms with van der Waals surface area (Å²) in [5.41, 5.74) is 9.36. The molecule has 0 spiro atoms. The van der Waals surface area contributed by atoms with E-state index in [1.807, 2.05) is 44.2 Å². The zero-order valence-electron chi connectivity index (χ0n) is 17.0. The molecule has 0 amide bonds. The third kappa shape index (κ3) is 3.45. The second-order valence-electron chi connectivity index (χ2n) is 7.03. The average Bonchev–Trinajstić information content (AvgIpc) is 2.66. The van der Waals surface area contributed by atoms with Crippen LogP contribution in [0.1, 0.15) is 18.1 Å². The first-order valence-electron chi connectivity index (χ1n) is 9.21. The second-order valence-corrected chi connectivity index (χ2v) is 7.03. The number of rotatable bonds is 6. The molecule has 3 aromatic carbocycles. The van der Waals surface area contributed by atoms with Gasteiger partial charge in [0.15, 0.2) is 0 Å². The third-order valence-electron chi connectivity index (χ3n) is 4.89. The van der Waals surface area contributed by atoms with Gasteiger partial charge in [-0.3, -0.25) is 0 Å². The van der Waals surface area contributed by atoms with Gasteiger partial charge in [0.1, 0.15) is 23.0 Å². The summed E-state index contributed by atoms with van der Waals surface area (Å²) in [7, 11) is 4.88. The van der Waals surface area contributed by atoms with Crippen molar-refractivity contribution >= 4 is 10.8 Å². The van der Waals surface area contributed by atoms with Crippen LogP contribution in [-0.2, 0) is 6.42 Å². The summed E-state index contributed by atoms with van der Waals surface area (Å²) >= 11 is 0. The fourth-order valence-electron chi connectivity index (χ4n) is 3.77. The molecule has 0 bridgehead atoms. The van der Waals surface area contributed by atoms with Gasteiger partial charge in [0.05, 0.1) is 32.3 Å². The number of aromatic hydroxyl groups is 1. The SMILES string of the molecule is COc1cc(C[C@H](C)N)cc(O)c1-c1c(C)cc(OC)c2c(OC)cccc12. The molecule has 0 saturated heterocycles. The van der Waals surface area contributed by atoms with Gasteiger partial charge in [-0.1, -0.05) is 12.1 Å². The summed E-state index contributed by atoms with van der Waals surface area (Å²) in [5.74, 6) is 2.20. The van der Waals surface area contributed by atoms with Crippen molar-refractivity contribution in [2.45, 2.75) is 26.3 Å². The Balaban J connectivity index is 2.37. The molecule has 3 N–H and O–H groups in total. The van der Waals surface area contributed by atoms with Gasteiger partial charge in [-0.25, -0.2) is 0 Å². The third-order valence-corrected chi connectivity index (χ3v) is 4.89. The minimum Gasteiger partial charge on any atom is -0.507 e. The van der Waals surface area contributed by atoms with E-state index >= 15 is 0 Å². The van der Waals surface area contributed by atoms with Crippen LogP contribution in [-0.4, -0.2) is 32.5 Å². The van der Waals surface area contributed by atoms with Crippen molar-refractivity contribution in [3.8, 4) is 34.1 Å². The van der Waals surface area contributed by atoms with Gasteiger partial charge < -0.3 is 25.1 Å². The predicted molar refractivity (Wildman–Crippen MR) is 113 cm³/mol. The summed E-state index contributed by atoms with van der Waals surface area (Å²) in [6, 6.07) is 11.5. The summed E-state index contributed by atoms with van der Waals surface area (Å²) < 4.78 is 16.8. The first kappa shape index (κ1) is 19.8. The van der Waals surface area contributed by atoms with Crippen molar-refractivity contribution in [3.05, 3.63) is 47.5 Å². The Bertz CT molecular complexity index is 1010. The highest BCUT2D eigenvalue weighted by Gasteiger charge is 2.21. The molecule has 0 saturated carbocycles. The van der Waals surface area contributed by atoms with Crippen molar-refractivity contribution < 1.29 is 19.3 Å². The standard InChI is InChI=1S/C23H27NO4/c1-13-9-19(27-4)22-16(7-6-8-18(22)26-3)21(13)23-17(25)11-15(10-14(2)24)12-20(23)28-5/h6-9,11-12,14,25H,10,24H2,1-5H3/t14-/m0/s1. The molecule has 5 heteroatoms. The van der Waals surface area contributed by atoms with Gasteiger partial charge in [-0.15, -0.1) is 0 Å². The van der Waals surface area contributed by atoms with Crippen molar-refractivity contribution in [1.29, 1.82) is 0 Å². The van der Waals surface area contributed by atoms with Gasteiger partial charge in [0.2, 0.25) is 0 Å². The topological polar surface area (TPSA) is 73.9 Å². The molecule has 0 aliphatic rings. The Morgan fingerprint density at radius 3 is 2.21 bits per heavy atom. The number of methoxy groups -OCH3 is 3. The molecule has 0 aliphatic carbocycles. The summed E-state index contributed by atoms with van der Waals surface area (Å²) in [4.78, 5) is 0. The lowest BCUT2D eigenvalue weighted by Gasteiger charge is -2.20. The number of phenolic OH excluding ortho intramolecular Hbond substituents is 1. The maximum Gasteiger partial charge on any atom is 0.130 e. The lowest BCUT2D eigenvalue weighted by Crippen LogP contribution is -2.17. The lowest BCUT2D eigenvalue weighted by molar-refractivity contribution is 0.404. The molecule has 0 heterocycles. The molecule has 0 aliphatic heterocycles. The van der Waals surface area contributed by atoms with Gasteiger partial charge in [-0.2, -0.15) is 0 Å². The minimum atomic E-state index is -0.0113. The van der Waals surface area contributed by atoms with Crippen LogP contribution in [0.25, 0.3) is 21.9 Å². The molecule has 3 aromatic rings. The average molecular weight is 381 g/mol. The minimum absolute atomic E-state index is 0.0113. The first-order chi connectivity index (χ1) is 13.4. The molecule has 28 heavy (non-hydrogen) atoms. The molecule has 0 aromatic heterocycles. The number of fused-ring (bicyclic) bond motifs is 1. The Kier molecular flexibility index (Phi) is 5.66. The van der Waals surface area contributed by atoms with Gasteiger partial charge in [0.25, 0.3) is 0 Å². The normalized spacial score (nSPS) is 12.1. The number of nitrogens with two attached hydrogens (primary N) is 1. The lowest BCUT2D eigenvalue weighted by atomic mass is 9.90. The van der Waals surface area contributed by atoms with E-state index in [1.165, 1.54) is 0 Å². The number of hydrogen-bond donors (Lipinski definition) is 2. The van der Waals surface area contributed by atoms with Crippen LogP contribution in [0.15, 0.2) is 36.4 Å². The summed E-state index contributed by atoms with van der Waals surface area (Å²) in [5, 5.41) is 12.7. The van der Waals surface area contributed by atoms with Crippen molar-refractivity contribution in [3.63, 3.8) is 0 Å². The van der Waals surface area contributed by atoms with Crippen LogP contribution in [0.4, 0.5) is 0 Å².